The maximum atomic E-state index is 5.26. The number of allylic oxidation sites excluding steroid dienone is 1. The van der Waals surface area contributed by atoms with Crippen LogP contribution in [0.4, 0.5) is 0 Å². The molecule has 0 aliphatic rings. The molecular weight excluding hydrogens is 124 g/mol. The summed E-state index contributed by atoms with van der Waals surface area (Å²) in [5.74, 6) is 0. The predicted molar refractivity (Wildman–Crippen MR) is 44.9 cm³/mol. The maximum Gasteiger partial charge on any atom is 0.0870 e. The fourth-order valence-corrected chi connectivity index (χ4v) is 0.711. The number of ether oxygens (including phenoxy) is 1. The number of hydrogen-bond donors (Lipinski definition) is 0. The summed E-state index contributed by atoms with van der Waals surface area (Å²) in [6.07, 6.45) is 5.22. The molecule has 0 radical (unpaired) electrons. The van der Waals surface area contributed by atoms with E-state index in [4.69, 9.17) is 4.74 Å². The second-order valence-corrected chi connectivity index (χ2v) is 2.35. The molecule has 1 heteroatoms. The van der Waals surface area contributed by atoms with Gasteiger partial charge in [-0.25, -0.2) is 0 Å². The lowest BCUT2D eigenvalue weighted by Crippen LogP contribution is -1.86. The van der Waals surface area contributed by atoms with Gasteiger partial charge in [-0.2, -0.15) is 0 Å². The Balaban J connectivity index is 3.43. The highest BCUT2D eigenvalue weighted by atomic mass is 16.5. The van der Waals surface area contributed by atoms with Crippen molar-refractivity contribution >= 4 is 0 Å². The highest BCUT2D eigenvalue weighted by Gasteiger charge is 1.88. The third kappa shape index (κ3) is 4.42. The van der Waals surface area contributed by atoms with Gasteiger partial charge < -0.3 is 4.74 Å². The van der Waals surface area contributed by atoms with Crippen molar-refractivity contribution in [2.45, 2.75) is 40.0 Å². The third-order valence-corrected chi connectivity index (χ3v) is 1.48. The predicted octanol–water partition coefficient (Wildman–Crippen LogP) is 3.12. The molecule has 0 aliphatic carbocycles. The van der Waals surface area contributed by atoms with Gasteiger partial charge in [0.2, 0.25) is 0 Å². The van der Waals surface area contributed by atoms with Crippen LogP contribution in [0.15, 0.2) is 11.8 Å². The summed E-state index contributed by atoms with van der Waals surface area (Å²) in [7, 11) is 0. The first kappa shape index (κ1) is 9.54. The van der Waals surface area contributed by atoms with Crippen LogP contribution in [0.3, 0.4) is 0 Å². The van der Waals surface area contributed by atoms with Gasteiger partial charge in [-0.05, 0) is 24.8 Å². The van der Waals surface area contributed by atoms with Gasteiger partial charge in [0.05, 0.1) is 12.9 Å². The summed E-state index contributed by atoms with van der Waals surface area (Å²) in [5.41, 5.74) is 1.40. The lowest BCUT2D eigenvalue weighted by molar-refractivity contribution is 0.245. The van der Waals surface area contributed by atoms with Gasteiger partial charge in [0.1, 0.15) is 0 Å². The molecular formula is C9H18O. The van der Waals surface area contributed by atoms with Gasteiger partial charge in [0.15, 0.2) is 0 Å². The van der Waals surface area contributed by atoms with Crippen molar-refractivity contribution < 1.29 is 4.74 Å². The molecule has 0 aromatic rings. The Morgan fingerprint density at radius 3 is 2.20 bits per heavy atom. The second-order valence-electron chi connectivity index (χ2n) is 2.35. The average molecular weight is 142 g/mol. The summed E-state index contributed by atoms with van der Waals surface area (Å²) < 4.78 is 5.26. The first-order chi connectivity index (χ1) is 4.85. The van der Waals surface area contributed by atoms with Crippen molar-refractivity contribution in [2.24, 2.45) is 0 Å². The molecule has 0 fully saturated rings. The van der Waals surface area contributed by atoms with E-state index in [0.717, 1.165) is 25.9 Å². The molecule has 0 atom stereocenters. The van der Waals surface area contributed by atoms with Crippen LogP contribution in [0.1, 0.15) is 40.0 Å². The third-order valence-electron chi connectivity index (χ3n) is 1.48. The molecule has 0 unspecified atom stereocenters. The van der Waals surface area contributed by atoms with E-state index in [1.165, 1.54) is 5.57 Å². The molecule has 0 saturated heterocycles. The van der Waals surface area contributed by atoms with Gasteiger partial charge in [-0.1, -0.05) is 20.8 Å². The first-order valence-corrected chi connectivity index (χ1v) is 4.14. The number of rotatable bonds is 5. The van der Waals surface area contributed by atoms with Crippen LogP contribution in [-0.2, 0) is 4.74 Å². The van der Waals surface area contributed by atoms with Gasteiger partial charge in [0, 0.05) is 0 Å². The quantitative estimate of drug-likeness (QED) is 0.423. The normalized spacial score (nSPS) is 9.10. The zero-order chi connectivity index (χ0) is 7.82. The molecule has 10 heavy (non-hydrogen) atoms. The minimum Gasteiger partial charge on any atom is -0.501 e. The molecule has 0 aromatic carbocycles. The van der Waals surface area contributed by atoms with E-state index >= 15 is 0 Å². The minimum atomic E-state index is 0.851. The van der Waals surface area contributed by atoms with E-state index in [9.17, 15) is 0 Å². The average Bonchev–Trinajstić information content (AvgIpc) is 1.99. The fraction of sp³-hybridized carbons (Fsp3) is 0.778. The standard InChI is InChI=1S/C9H18O/c1-4-7-10-8-9(5-2)6-3/h8H,4-7H2,1-3H3. The van der Waals surface area contributed by atoms with E-state index in [1.54, 1.807) is 0 Å². The largest absolute Gasteiger partial charge is 0.501 e. The highest BCUT2D eigenvalue weighted by Crippen LogP contribution is 2.04. The highest BCUT2D eigenvalue weighted by molar-refractivity contribution is 4.95. The smallest absolute Gasteiger partial charge is 0.0870 e. The van der Waals surface area contributed by atoms with Crippen LogP contribution in [0.25, 0.3) is 0 Å². The zero-order valence-corrected chi connectivity index (χ0v) is 7.31. The summed E-state index contributed by atoms with van der Waals surface area (Å²) >= 11 is 0. The second kappa shape index (κ2) is 6.66. The van der Waals surface area contributed by atoms with Gasteiger partial charge in [-0.3, -0.25) is 0 Å². The molecule has 60 valence electrons. The summed E-state index contributed by atoms with van der Waals surface area (Å²) in [6, 6.07) is 0. The van der Waals surface area contributed by atoms with Gasteiger partial charge >= 0.3 is 0 Å². The van der Waals surface area contributed by atoms with Crippen molar-refractivity contribution in [1.29, 1.82) is 0 Å². The molecule has 0 bridgehead atoms. The van der Waals surface area contributed by atoms with Crippen molar-refractivity contribution in [2.75, 3.05) is 6.61 Å². The molecule has 0 N–H and O–H groups in total. The lowest BCUT2D eigenvalue weighted by atomic mass is 10.2. The van der Waals surface area contributed by atoms with Crippen molar-refractivity contribution in [3.63, 3.8) is 0 Å². The van der Waals surface area contributed by atoms with E-state index in [1.807, 2.05) is 6.26 Å². The van der Waals surface area contributed by atoms with Gasteiger partial charge in [-0.15, -0.1) is 0 Å². The summed E-state index contributed by atoms with van der Waals surface area (Å²) in [5, 5.41) is 0. The summed E-state index contributed by atoms with van der Waals surface area (Å²) in [6.45, 7) is 7.28. The zero-order valence-electron chi connectivity index (χ0n) is 7.31. The van der Waals surface area contributed by atoms with Gasteiger partial charge in [0.25, 0.3) is 0 Å². The monoisotopic (exact) mass is 142 g/mol. The van der Waals surface area contributed by atoms with Crippen molar-refractivity contribution in [3.8, 4) is 0 Å². The molecule has 0 rings (SSSR count). The molecule has 0 amide bonds. The van der Waals surface area contributed by atoms with E-state index in [0.29, 0.717) is 0 Å². The topological polar surface area (TPSA) is 9.23 Å². The van der Waals surface area contributed by atoms with Crippen molar-refractivity contribution in [1.82, 2.24) is 0 Å². The van der Waals surface area contributed by atoms with Crippen LogP contribution in [0, 0.1) is 0 Å². The molecule has 0 aliphatic heterocycles. The maximum absolute atomic E-state index is 5.26. The molecule has 0 aromatic heterocycles. The van der Waals surface area contributed by atoms with Crippen LogP contribution < -0.4 is 0 Å². The Kier molecular flexibility index (Phi) is 6.35. The van der Waals surface area contributed by atoms with Crippen LogP contribution >= 0.6 is 0 Å². The van der Waals surface area contributed by atoms with Crippen LogP contribution in [-0.4, -0.2) is 6.61 Å². The molecule has 1 nitrogen and oxygen atoms in total. The first-order valence-electron chi connectivity index (χ1n) is 4.14. The Morgan fingerprint density at radius 1 is 1.20 bits per heavy atom. The molecule has 0 saturated carbocycles. The Labute approximate surface area is 64.1 Å². The Bertz CT molecular complexity index is 88.9. The SMILES string of the molecule is CCCOC=C(CC)CC. The molecule has 0 spiro atoms. The fourth-order valence-electron chi connectivity index (χ4n) is 0.711. The van der Waals surface area contributed by atoms with E-state index in [-0.39, 0.29) is 0 Å². The van der Waals surface area contributed by atoms with E-state index in [2.05, 4.69) is 20.8 Å². The van der Waals surface area contributed by atoms with Crippen LogP contribution in [0.5, 0.6) is 0 Å². The lowest BCUT2D eigenvalue weighted by Gasteiger charge is -2.01. The Hall–Kier alpha value is -0.460. The molecule has 0 heterocycles. The van der Waals surface area contributed by atoms with E-state index < -0.39 is 0 Å². The minimum absolute atomic E-state index is 0.851. The van der Waals surface area contributed by atoms with Crippen molar-refractivity contribution in [3.05, 3.63) is 11.8 Å². The number of hydrogen-bond acceptors (Lipinski definition) is 1. The Morgan fingerprint density at radius 2 is 1.80 bits per heavy atom. The summed E-state index contributed by atoms with van der Waals surface area (Å²) in [4.78, 5) is 0. The van der Waals surface area contributed by atoms with Crippen LogP contribution in [0.2, 0.25) is 0 Å².